The first-order valence-corrected chi connectivity index (χ1v) is 11.4. The number of anilines is 1. The minimum atomic E-state index is -4.23. The second kappa shape index (κ2) is 10.00. The number of amides is 1. The minimum absolute atomic E-state index is 0.105. The highest BCUT2D eigenvalue weighted by atomic mass is 35.5. The number of alkyl halides is 3. The maximum atomic E-state index is 12.5. The molecule has 0 aliphatic heterocycles. The average Bonchev–Trinajstić information content (AvgIpc) is 2.75. The molecule has 0 unspecified atom stereocenters. The van der Waals surface area contributed by atoms with E-state index >= 15 is 0 Å². The Morgan fingerprint density at radius 1 is 0.970 bits per heavy atom. The number of hydrogen-bond acceptors (Lipinski definition) is 3. The van der Waals surface area contributed by atoms with Gasteiger partial charge < -0.3 is 10.6 Å². The lowest BCUT2D eigenvalue weighted by atomic mass is 9.90. The van der Waals surface area contributed by atoms with E-state index in [0.717, 1.165) is 42.3 Å². The molecule has 1 aliphatic carbocycles. The summed E-state index contributed by atoms with van der Waals surface area (Å²) in [5.74, 6) is -0.105. The number of carbonyl (C=O) groups is 1. The van der Waals surface area contributed by atoms with Gasteiger partial charge in [0.1, 0.15) is 0 Å². The number of nitrogens with zero attached hydrogens (tertiary/aromatic N) is 1. The number of nitrogens with one attached hydrogen (secondary N) is 2. The molecule has 2 N–H and O–H groups in total. The van der Waals surface area contributed by atoms with Gasteiger partial charge in [-0.2, -0.15) is 13.2 Å². The number of hydrogen-bond donors (Lipinski definition) is 2. The van der Waals surface area contributed by atoms with Gasteiger partial charge in [0.15, 0.2) is 0 Å². The predicted octanol–water partition coefficient (Wildman–Crippen LogP) is 6.08. The number of rotatable bonds is 6. The van der Waals surface area contributed by atoms with Crippen molar-refractivity contribution >= 4 is 34.1 Å². The molecule has 0 saturated heterocycles. The Bertz CT molecular complexity index is 1110. The fraction of sp³-hybridized carbons (Fsp3) is 0.360. The first kappa shape index (κ1) is 23.4. The van der Waals surface area contributed by atoms with Gasteiger partial charge in [0.05, 0.1) is 18.4 Å². The van der Waals surface area contributed by atoms with Gasteiger partial charge in [0.25, 0.3) is 0 Å². The molecule has 0 spiro atoms. The van der Waals surface area contributed by atoms with Crippen molar-refractivity contribution in [3.63, 3.8) is 0 Å². The fourth-order valence-corrected chi connectivity index (χ4v) is 4.49. The number of pyridine rings is 1. The topological polar surface area (TPSA) is 54.0 Å². The van der Waals surface area contributed by atoms with E-state index in [0.29, 0.717) is 16.6 Å². The van der Waals surface area contributed by atoms with E-state index in [-0.39, 0.29) is 23.9 Å². The third-order valence-corrected chi connectivity index (χ3v) is 6.18. The summed E-state index contributed by atoms with van der Waals surface area (Å²) in [5, 5.41) is 8.35. The first-order valence-electron chi connectivity index (χ1n) is 11.0. The Balaban J connectivity index is 1.25. The van der Waals surface area contributed by atoms with Crippen LogP contribution in [0.4, 0.5) is 18.9 Å². The van der Waals surface area contributed by atoms with Crippen molar-refractivity contribution in [3.05, 3.63) is 70.9 Å². The maximum Gasteiger partial charge on any atom is 0.393 e. The molecule has 0 atom stereocenters. The molecule has 1 fully saturated rings. The molecule has 2 aromatic carbocycles. The Labute approximate surface area is 195 Å². The lowest BCUT2D eigenvalue weighted by Gasteiger charge is -2.30. The maximum absolute atomic E-state index is 12.5. The van der Waals surface area contributed by atoms with Crippen LogP contribution < -0.4 is 10.6 Å². The Kier molecular flexibility index (Phi) is 7.08. The van der Waals surface area contributed by atoms with Gasteiger partial charge in [-0.3, -0.25) is 9.78 Å². The zero-order valence-corrected chi connectivity index (χ0v) is 18.7. The van der Waals surface area contributed by atoms with E-state index in [4.69, 9.17) is 11.6 Å². The van der Waals surface area contributed by atoms with Crippen molar-refractivity contribution in [1.82, 2.24) is 10.3 Å². The van der Waals surface area contributed by atoms with Gasteiger partial charge in [0.2, 0.25) is 5.91 Å². The lowest BCUT2D eigenvalue weighted by molar-refractivity contribution is -0.127. The van der Waals surface area contributed by atoms with E-state index in [1.54, 1.807) is 18.3 Å². The van der Waals surface area contributed by atoms with Crippen LogP contribution in [-0.4, -0.2) is 29.2 Å². The van der Waals surface area contributed by atoms with Gasteiger partial charge in [-0.1, -0.05) is 35.9 Å². The van der Waals surface area contributed by atoms with Crippen LogP contribution in [0.3, 0.4) is 0 Å². The summed E-state index contributed by atoms with van der Waals surface area (Å²) in [4.78, 5) is 16.8. The standard InChI is InChI=1S/C25H25ClF3N3O/c26-18-5-10-21-22(11-12-30-23(21)14-18)31-19-6-8-20(9-7-19)32-24(33)13-16-1-3-17(4-2-16)15-25(27,28)29/h1-5,10-12,14,19-20H,6-9,13,15H2,(H,30,31)(H,32,33)/t19-,20+. The fourth-order valence-electron chi connectivity index (χ4n) is 4.32. The molecule has 1 heterocycles. The highest BCUT2D eigenvalue weighted by molar-refractivity contribution is 6.31. The third kappa shape index (κ3) is 6.60. The quantitative estimate of drug-likeness (QED) is 0.454. The molecule has 4 nitrogen and oxygen atoms in total. The summed E-state index contributed by atoms with van der Waals surface area (Å²) in [6.07, 6.45) is 0.317. The monoisotopic (exact) mass is 475 g/mol. The van der Waals surface area contributed by atoms with Gasteiger partial charge >= 0.3 is 6.18 Å². The third-order valence-electron chi connectivity index (χ3n) is 5.95. The van der Waals surface area contributed by atoms with Crippen LogP contribution in [0.2, 0.25) is 5.02 Å². The highest BCUT2D eigenvalue weighted by Crippen LogP contribution is 2.28. The van der Waals surface area contributed by atoms with Crippen LogP contribution in [0.1, 0.15) is 36.8 Å². The molecule has 8 heteroatoms. The van der Waals surface area contributed by atoms with Crippen molar-refractivity contribution in [2.24, 2.45) is 0 Å². The molecular weight excluding hydrogens is 451 g/mol. The molecule has 1 amide bonds. The van der Waals surface area contributed by atoms with Crippen LogP contribution in [0.5, 0.6) is 0 Å². The first-order chi connectivity index (χ1) is 15.7. The molecule has 1 aromatic heterocycles. The number of benzene rings is 2. The van der Waals surface area contributed by atoms with Crippen molar-refractivity contribution in [1.29, 1.82) is 0 Å². The molecular formula is C25H25ClF3N3O. The van der Waals surface area contributed by atoms with E-state index in [1.165, 1.54) is 12.1 Å². The average molecular weight is 476 g/mol. The Morgan fingerprint density at radius 3 is 2.33 bits per heavy atom. The number of fused-ring (bicyclic) bond motifs is 1. The lowest BCUT2D eigenvalue weighted by Crippen LogP contribution is -2.40. The van der Waals surface area contributed by atoms with Crippen LogP contribution in [0.15, 0.2) is 54.7 Å². The zero-order valence-electron chi connectivity index (χ0n) is 18.0. The van der Waals surface area contributed by atoms with E-state index in [9.17, 15) is 18.0 Å². The Hall–Kier alpha value is -2.80. The molecule has 1 aliphatic rings. The largest absolute Gasteiger partial charge is 0.393 e. The smallest absolute Gasteiger partial charge is 0.382 e. The molecule has 0 bridgehead atoms. The van der Waals surface area contributed by atoms with E-state index in [2.05, 4.69) is 15.6 Å². The van der Waals surface area contributed by atoms with Gasteiger partial charge in [-0.15, -0.1) is 0 Å². The number of aromatic nitrogens is 1. The minimum Gasteiger partial charge on any atom is -0.382 e. The second-order valence-corrected chi connectivity index (χ2v) is 9.00. The van der Waals surface area contributed by atoms with Crippen LogP contribution in [0.25, 0.3) is 10.9 Å². The summed E-state index contributed by atoms with van der Waals surface area (Å²) < 4.78 is 37.4. The number of halogens is 4. The van der Waals surface area contributed by atoms with E-state index in [1.807, 2.05) is 24.3 Å². The van der Waals surface area contributed by atoms with E-state index < -0.39 is 12.6 Å². The summed E-state index contributed by atoms with van der Waals surface area (Å²) in [7, 11) is 0. The second-order valence-electron chi connectivity index (χ2n) is 8.57. The molecule has 4 rings (SSSR count). The zero-order chi connectivity index (χ0) is 23.4. The SMILES string of the molecule is O=C(Cc1ccc(CC(F)(F)F)cc1)N[C@H]1CC[C@@H](Nc2ccnc3cc(Cl)ccc23)CC1. The van der Waals surface area contributed by atoms with Gasteiger partial charge in [-0.05, 0) is 61.1 Å². The summed E-state index contributed by atoms with van der Waals surface area (Å²) in [5.41, 5.74) is 2.78. The number of carbonyl (C=O) groups excluding carboxylic acids is 1. The van der Waals surface area contributed by atoms with Crippen LogP contribution in [-0.2, 0) is 17.6 Å². The molecule has 3 aromatic rings. The van der Waals surface area contributed by atoms with Crippen molar-refractivity contribution < 1.29 is 18.0 Å². The molecule has 33 heavy (non-hydrogen) atoms. The predicted molar refractivity (Wildman–Crippen MR) is 124 cm³/mol. The normalized spacial score (nSPS) is 18.8. The Morgan fingerprint density at radius 2 is 1.64 bits per heavy atom. The molecule has 174 valence electrons. The van der Waals surface area contributed by atoms with Crippen LogP contribution in [0, 0.1) is 0 Å². The van der Waals surface area contributed by atoms with Gasteiger partial charge in [-0.25, -0.2) is 0 Å². The van der Waals surface area contributed by atoms with Gasteiger partial charge in [0, 0.05) is 34.4 Å². The summed E-state index contributed by atoms with van der Waals surface area (Å²) >= 11 is 6.07. The van der Waals surface area contributed by atoms with Crippen LogP contribution >= 0.6 is 11.6 Å². The molecule has 1 saturated carbocycles. The summed E-state index contributed by atoms with van der Waals surface area (Å²) in [6.45, 7) is 0. The van der Waals surface area contributed by atoms with Crippen molar-refractivity contribution in [2.75, 3.05) is 5.32 Å². The van der Waals surface area contributed by atoms with Crippen molar-refractivity contribution in [2.45, 2.75) is 56.8 Å². The van der Waals surface area contributed by atoms with Crippen molar-refractivity contribution in [3.8, 4) is 0 Å². The highest BCUT2D eigenvalue weighted by Gasteiger charge is 2.27. The molecule has 0 radical (unpaired) electrons. The summed E-state index contributed by atoms with van der Waals surface area (Å²) in [6, 6.07) is 14.1.